The molecule has 1 amide bonds. The molecule has 1 aliphatic heterocycles. The predicted molar refractivity (Wildman–Crippen MR) is 68.9 cm³/mol. The van der Waals surface area contributed by atoms with Gasteiger partial charge in [0.15, 0.2) is 0 Å². The molecular formula is C14H17F3N2O. The summed E-state index contributed by atoms with van der Waals surface area (Å²) in [6, 6.07) is 4.67. The molecule has 2 atom stereocenters. The van der Waals surface area contributed by atoms with Crippen LogP contribution in [0.5, 0.6) is 0 Å². The number of hydrogen-bond acceptors (Lipinski definition) is 2. The maximum Gasteiger partial charge on any atom is 0.416 e. The standard InChI is InChI=1S/C14H17F3N2O/c1-9-7-19(8-12(9)18)13(20)6-10-2-4-11(5-3-10)14(15,16)17/h2-5,9,12H,6-8,18H2,1H3. The Bertz CT molecular complexity index is 474. The molecule has 2 rings (SSSR count). The SMILES string of the molecule is CC1CN(C(=O)Cc2ccc(C(F)(F)F)cc2)CC1N. The lowest BCUT2D eigenvalue weighted by Crippen LogP contribution is -2.33. The molecule has 0 aromatic heterocycles. The summed E-state index contributed by atoms with van der Waals surface area (Å²) in [5.74, 6) is 0.163. The van der Waals surface area contributed by atoms with Gasteiger partial charge in [0.1, 0.15) is 0 Å². The number of nitrogens with two attached hydrogens (primary N) is 1. The van der Waals surface area contributed by atoms with E-state index in [0.717, 1.165) is 12.1 Å². The van der Waals surface area contributed by atoms with E-state index in [0.29, 0.717) is 18.7 Å². The van der Waals surface area contributed by atoms with E-state index in [4.69, 9.17) is 5.73 Å². The van der Waals surface area contributed by atoms with Crippen molar-refractivity contribution in [2.75, 3.05) is 13.1 Å². The first-order chi connectivity index (χ1) is 9.27. The summed E-state index contributed by atoms with van der Waals surface area (Å²) in [4.78, 5) is 13.7. The number of likely N-dealkylation sites (tertiary alicyclic amines) is 1. The number of benzene rings is 1. The minimum atomic E-state index is -4.35. The Kier molecular flexibility index (Phi) is 4.04. The van der Waals surface area contributed by atoms with Gasteiger partial charge in [-0.25, -0.2) is 0 Å². The van der Waals surface area contributed by atoms with E-state index in [2.05, 4.69) is 0 Å². The molecule has 1 saturated heterocycles. The Morgan fingerprint density at radius 3 is 2.35 bits per heavy atom. The highest BCUT2D eigenvalue weighted by Gasteiger charge is 2.31. The zero-order valence-electron chi connectivity index (χ0n) is 11.2. The molecule has 1 aliphatic rings. The van der Waals surface area contributed by atoms with Gasteiger partial charge in [0, 0.05) is 19.1 Å². The second-order valence-electron chi connectivity index (χ2n) is 5.31. The number of rotatable bonds is 2. The molecule has 6 heteroatoms. The smallest absolute Gasteiger partial charge is 0.341 e. The summed E-state index contributed by atoms with van der Waals surface area (Å²) >= 11 is 0. The molecule has 20 heavy (non-hydrogen) atoms. The number of hydrogen-bond donors (Lipinski definition) is 1. The Balaban J connectivity index is 1.98. The molecule has 0 saturated carbocycles. The number of alkyl halides is 3. The van der Waals surface area contributed by atoms with E-state index in [9.17, 15) is 18.0 Å². The molecule has 110 valence electrons. The summed E-state index contributed by atoms with van der Waals surface area (Å²) in [7, 11) is 0. The van der Waals surface area contributed by atoms with Crippen LogP contribution in [0, 0.1) is 5.92 Å². The highest BCUT2D eigenvalue weighted by Crippen LogP contribution is 2.29. The number of amides is 1. The van der Waals surface area contributed by atoms with Gasteiger partial charge >= 0.3 is 6.18 Å². The molecule has 1 aromatic rings. The van der Waals surface area contributed by atoms with Crippen LogP contribution in [0.2, 0.25) is 0 Å². The summed E-state index contributed by atoms with van der Waals surface area (Å²) in [6.07, 6.45) is -4.24. The summed E-state index contributed by atoms with van der Waals surface area (Å²) in [5, 5.41) is 0. The van der Waals surface area contributed by atoms with E-state index >= 15 is 0 Å². The van der Waals surface area contributed by atoms with Crippen LogP contribution in [-0.4, -0.2) is 29.9 Å². The van der Waals surface area contributed by atoms with Crippen LogP contribution in [0.4, 0.5) is 13.2 Å². The van der Waals surface area contributed by atoms with E-state index in [-0.39, 0.29) is 24.3 Å². The van der Waals surface area contributed by atoms with Crippen LogP contribution in [0.25, 0.3) is 0 Å². The molecule has 2 unspecified atom stereocenters. The third-order valence-electron chi connectivity index (χ3n) is 3.66. The van der Waals surface area contributed by atoms with Gasteiger partial charge in [-0.15, -0.1) is 0 Å². The van der Waals surface area contributed by atoms with Crippen molar-refractivity contribution in [3.05, 3.63) is 35.4 Å². The number of halogens is 3. The first-order valence-electron chi connectivity index (χ1n) is 6.47. The molecule has 0 spiro atoms. The minimum absolute atomic E-state index is 0.0217. The van der Waals surface area contributed by atoms with Crippen molar-refractivity contribution in [3.63, 3.8) is 0 Å². The molecule has 1 fully saturated rings. The van der Waals surface area contributed by atoms with E-state index < -0.39 is 11.7 Å². The lowest BCUT2D eigenvalue weighted by molar-refractivity contribution is -0.137. The first kappa shape index (κ1) is 14.8. The van der Waals surface area contributed by atoms with E-state index in [1.165, 1.54) is 12.1 Å². The van der Waals surface area contributed by atoms with Crippen molar-refractivity contribution >= 4 is 5.91 Å². The fraction of sp³-hybridized carbons (Fsp3) is 0.500. The monoisotopic (exact) mass is 286 g/mol. The summed E-state index contributed by atoms with van der Waals surface area (Å²) in [6.45, 7) is 3.11. The summed E-state index contributed by atoms with van der Waals surface area (Å²) in [5.41, 5.74) is 5.73. The quantitative estimate of drug-likeness (QED) is 0.904. The van der Waals surface area contributed by atoms with Gasteiger partial charge in [-0.1, -0.05) is 19.1 Å². The van der Waals surface area contributed by atoms with E-state index in [1.54, 1.807) is 4.90 Å². The Hall–Kier alpha value is -1.56. The normalized spacial score (nSPS) is 23.1. The fourth-order valence-electron chi connectivity index (χ4n) is 2.29. The average Bonchev–Trinajstić information content (AvgIpc) is 2.69. The highest BCUT2D eigenvalue weighted by molar-refractivity contribution is 5.79. The van der Waals surface area contributed by atoms with Gasteiger partial charge in [0.25, 0.3) is 0 Å². The number of nitrogens with zero attached hydrogens (tertiary/aromatic N) is 1. The third kappa shape index (κ3) is 3.30. The first-order valence-corrected chi connectivity index (χ1v) is 6.47. The maximum absolute atomic E-state index is 12.4. The van der Waals surface area contributed by atoms with Gasteiger partial charge < -0.3 is 10.6 Å². The largest absolute Gasteiger partial charge is 0.416 e. The van der Waals surface area contributed by atoms with Crippen LogP contribution in [0.1, 0.15) is 18.1 Å². The predicted octanol–water partition coefficient (Wildman–Crippen LogP) is 2.05. The van der Waals surface area contributed by atoms with Gasteiger partial charge in [0.2, 0.25) is 5.91 Å². The van der Waals surface area contributed by atoms with Crippen molar-refractivity contribution in [3.8, 4) is 0 Å². The van der Waals surface area contributed by atoms with Crippen LogP contribution in [-0.2, 0) is 17.4 Å². The molecular weight excluding hydrogens is 269 g/mol. The minimum Gasteiger partial charge on any atom is -0.341 e. The van der Waals surface area contributed by atoms with Crippen LogP contribution in [0.3, 0.4) is 0 Å². The van der Waals surface area contributed by atoms with Gasteiger partial charge in [0.05, 0.1) is 12.0 Å². The molecule has 2 N–H and O–H groups in total. The Morgan fingerprint density at radius 1 is 1.30 bits per heavy atom. The lowest BCUT2D eigenvalue weighted by atomic mass is 10.1. The highest BCUT2D eigenvalue weighted by atomic mass is 19.4. The van der Waals surface area contributed by atoms with Gasteiger partial charge in [-0.3, -0.25) is 4.79 Å². The molecule has 3 nitrogen and oxygen atoms in total. The maximum atomic E-state index is 12.4. The van der Waals surface area contributed by atoms with Crippen molar-refractivity contribution in [1.29, 1.82) is 0 Å². The summed E-state index contributed by atoms with van der Waals surface area (Å²) < 4.78 is 37.3. The Morgan fingerprint density at radius 2 is 1.90 bits per heavy atom. The van der Waals surface area contributed by atoms with Crippen molar-refractivity contribution < 1.29 is 18.0 Å². The zero-order valence-corrected chi connectivity index (χ0v) is 11.2. The van der Waals surface area contributed by atoms with Crippen molar-refractivity contribution in [2.24, 2.45) is 11.7 Å². The van der Waals surface area contributed by atoms with Crippen LogP contribution < -0.4 is 5.73 Å². The second-order valence-corrected chi connectivity index (χ2v) is 5.31. The third-order valence-corrected chi connectivity index (χ3v) is 3.66. The molecule has 0 radical (unpaired) electrons. The molecule has 0 aliphatic carbocycles. The average molecular weight is 286 g/mol. The van der Waals surface area contributed by atoms with Gasteiger partial charge in [-0.05, 0) is 23.6 Å². The molecule has 1 heterocycles. The zero-order chi connectivity index (χ0) is 14.9. The topological polar surface area (TPSA) is 46.3 Å². The van der Waals surface area contributed by atoms with Crippen LogP contribution in [0.15, 0.2) is 24.3 Å². The molecule has 1 aromatic carbocycles. The second kappa shape index (κ2) is 5.44. The van der Waals surface area contributed by atoms with E-state index in [1.807, 2.05) is 6.92 Å². The molecule has 0 bridgehead atoms. The van der Waals surface area contributed by atoms with Gasteiger partial charge in [-0.2, -0.15) is 13.2 Å². The van der Waals surface area contributed by atoms with Crippen molar-refractivity contribution in [2.45, 2.75) is 25.6 Å². The lowest BCUT2D eigenvalue weighted by Gasteiger charge is -2.16. The number of carbonyl (C=O) groups excluding carboxylic acids is 1. The number of carbonyl (C=O) groups is 1. The van der Waals surface area contributed by atoms with Crippen molar-refractivity contribution in [1.82, 2.24) is 4.90 Å². The fourth-order valence-corrected chi connectivity index (χ4v) is 2.29. The Labute approximate surface area is 115 Å². The van der Waals surface area contributed by atoms with Crippen LogP contribution >= 0.6 is 0 Å².